The van der Waals surface area contributed by atoms with Gasteiger partial charge in [0, 0.05) is 70.9 Å². The smallest absolute Gasteiger partial charge is 0.328 e. The van der Waals surface area contributed by atoms with Crippen molar-refractivity contribution in [3.8, 4) is 0 Å². The van der Waals surface area contributed by atoms with Crippen molar-refractivity contribution in [3.63, 3.8) is 0 Å². The van der Waals surface area contributed by atoms with Crippen LogP contribution in [0.25, 0.3) is 4.85 Å². The number of aromatic amines is 1. The van der Waals surface area contributed by atoms with Crippen molar-refractivity contribution in [3.05, 3.63) is 99.5 Å². The molecule has 1 amide bonds. The monoisotopic (exact) mass is 667 g/mol. The third-order valence-electron chi connectivity index (χ3n) is 7.68. The topological polar surface area (TPSA) is 184 Å². The number of aromatic nitrogens is 5. The number of nitrogens with zero attached hydrogens (tertiary/aromatic N) is 7. The third kappa shape index (κ3) is 9.56. The predicted octanol–water partition coefficient (Wildman–Crippen LogP) is 2.46. The Kier molecular flexibility index (Phi) is 11.8. The molecule has 16 nitrogen and oxygen atoms in total. The van der Waals surface area contributed by atoms with Gasteiger partial charge in [-0.25, -0.2) is 14.6 Å². The van der Waals surface area contributed by atoms with E-state index < -0.39 is 17.6 Å². The molecule has 49 heavy (non-hydrogen) atoms. The van der Waals surface area contributed by atoms with Crippen LogP contribution in [0.5, 0.6) is 0 Å². The molecule has 4 N–H and O–H groups in total. The summed E-state index contributed by atoms with van der Waals surface area (Å²) >= 11 is 0. The molecule has 1 fully saturated rings. The van der Waals surface area contributed by atoms with Crippen LogP contribution < -0.4 is 21.5 Å². The van der Waals surface area contributed by atoms with Gasteiger partial charge in [-0.05, 0) is 23.3 Å². The number of rotatable bonds is 14. The molecule has 2 aromatic carbocycles. The Labute approximate surface area is 282 Å². The number of carbonyl (C=O) groups excluding carboxylic acids is 2. The van der Waals surface area contributed by atoms with Crippen molar-refractivity contribution in [2.24, 2.45) is 0 Å². The lowest BCUT2D eigenvalue weighted by molar-refractivity contribution is -0.141. The van der Waals surface area contributed by atoms with Gasteiger partial charge in [-0.2, -0.15) is 15.0 Å². The summed E-state index contributed by atoms with van der Waals surface area (Å²) in [5.74, 6) is -0.194. The van der Waals surface area contributed by atoms with E-state index in [-0.39, 0.29) is 35.9 Å². The lowest BCUT2D eigenvalue weighted by atomic mass is 10.1. The molecule has 1 aliphatic rings. The number of H-pyrrole nitrogens is 1. The maximum absolute atomic E-state index is 12.8. The molecule has 1 saturated heterocycles. The number of hydrogen-bond donors (Lipinski definition) is 4. The highest BCUT2D eigenvalue weighted by molar-refractivity contribution is 5.92. The molecule has 4 aromatic rings. The SMILES string of the molecule is [C-]#[N+]c1ccc(C[C@H](Nc2nc(NCCOC)nc(Nc3cccc(CN4CCN(C(=O)c5ncc[nH]c5=O)CC4)c3)n2)C(=O)OC)cc1. The fraction of sp³-hybridized carbons (Fsp3) is 0.333. The molecule has 5 rings (SSSR count). The first-order valence-corrected chi connectivity index (χ1v) is 15.6. The average molecular weight is 668 g/mol. The van der Waals surface area contributed by atoms with E-state index >= 15 is 0 Å². The fourth-order valence-electron chi connectivity index (χ4n) is 5.17. The quantitative estimate of drug-likeness (QED) is 0.0875. The summed E-state index contributed by atoms with van der Waals surface area (Å²) < 4.78 is 10.2. The summed E-state index contributed by atoms with van der Waals surface area (Å²) in [5.41, 5.74) is 2.51. The van der Waals surface area contributed by atoms with Crippen LogP contribution in [-0.2, 0) is 27.2 Å². The first-order valence-electron chi connectivity index (χ1n) is 15.6. The summed E-state index contributed by atoms with van der Waals surface area (Å²) in [4.78, 5) is 64.8. The van der Waals surface area contributed by atoms with Gasteiger partial charge < -0.3 is 35.3 Å². The molecular formula is C33H37N11O5. The molecule has 0 aliphatic carbocycles. The Bertz CT molecular complexity index is 1840. The number of ether oxygens (including phenoxy) is 2. The van der Waals surface area contributed by atoms with E-state index in [2.05, 4.69) is 50.6 Å². The molecule has 0 bridgehead atoms. The molecule has 0 radical (unpaired) electrons. The van der Waals surface area contributed by atoms with Crippen molar-refractivity contribution in [1.29, 1.82) is 0 Å². The van der Waals surface area contributed by atoms with Crippen molar-refractivity contribution >= 4 is 41.1 Å². The van der Waals surface area contributed by atoms with E-state index in [1.54, 1.807) is 36.3 Å². The van der Waals surface area contributed by atoms with Crippen LogP contribution >= 0.6 is 0 Å². The Morgan fingerprint density at radius 2 is 1.76 bits per heavy atom. The van der Waals surface area contributed by atoms with E-state index in [1.165, 1.54) is 19.5 Å². The number of methoxy groups -OCH3 is 2. The van der Waals surface area contributed by atoms with Gasteiger partial charge in [0.2, 0.25) is 17.8 Å². The van der Waals surface area contributed by atoms with Crippen molar-refractivity contribution in [2.45, 2.75) is 19.0 Å². The minimum absolute atomic E-state index is 0.100. The zero-order valence-corrected chi connectivity index (χ0v) is 27.2. The maximum Gasteiger partial charge on any atom is 0.328 e. The number of amides is 1. The second-order valence-electron chi connectivity index (χ2n) is 11.1. The standard InChI is InChI=1S/C33H37N11O5/c1-34-24-9-7-22(8-10-24)20-26(30(47)49-3)39-33-41-31(37-13-18-48-2)40-32(42-33)38-25-6-4-5-23(19-25)21-43-14-16-44(17-15-43)29(46)27-28(45)36-12-11-35-27/h4-12,19,26H,13-18,20-21H2,2-3H3,(H,36,45)(H3,37,38,39,40,41,42)/t26-/m0/s1. The highest BCUT2D eigenvalue weighted by atomic mass is 16.5. The average Bonchev–Trinajstić information content (AvgIpc) is 3.12. The van der Waals surface area contributed by atoms with Crippen LogP contribution in [0.1, 0.15) is 21.6 Å². The molecule has 1 atom stereocenters. The van der Waals surface area contributed by atoms with Crippen molar-refractivity contribution < 1.29 is 19.1 Å². The van der Waals surface area contributed by atoms with Gasteiger partial charge in [0.05, 0.1) is 20.3 Å². The number of hydrogen-bond acceptors (Lipinski definition) is 13. The molecule has 1 aliphatic heterocycles. The van der Waals surface area contributed by atoms with Crippen LogP contribution in [0.15, 0.2) is 65.7 Å². The molecule has 2 aromatic heterocycles. The van der Waals surface area contributed by atoms with Gasteiger partial charge >= 0.3 is 5.97 Å². The van der Waals surface area contributed by atoms with Gasteiger partial charge in [-0.3, -0.25) is 14.5 Å². The lowest BCUT2D eigenvalue weighted by Crippen LogP contribution is -2.49. The van der Waals surface area contributed by atoms with Crippen LogP contribution in [0, 0.1) is 6.57 Å². The Morgan fingerprint density at radius 1 is 1.00 bits per heavy atom. The van der Waals surface area contributed by atoms with E-state index in [0.717, 1.165) is 16.8 Å². The summed E-state index contributed by atoms with van der Waals surface area (Å²) in [6.07, 6.45) is 3.08. The molecule has 0 unspecified atom stereocenters. The number of carbonyl (C=O) groups is 2. The number of piperazine rings is 1. The van der Waals surface area contributed by atoms with E-state index in [1.807, 2.05) is 24.3 Å². The summed E-state index contributed by atoms with van der Waals surface area (Å²) in [6, 6.07) is 14.0. The summed E-state index contributed by atoms with van der Waals surface area (Å²) in [5, 5.41) is 9.45. The molecule has 0 saturated carbocycles. The zero-order chi connectivity index (χ0) is 34.6. The minimum atomic E-state index is -0.811. The van der Waals surface area contributed by atoms with Crippen LogP contribution in [0.3, 0.4) is 0 Å². The van der Waals surface area contributed by atoms with Gasteiger partial charge in [0.25, 0.3) is 11.5 Å². The summed E-state index contributed by atoms with van der Waals surface area (Å²) in [7, 11) is 2.91. The van der Waals surface area contributed by atoms with Gasteiger partial charge in [-0.15, -0.1) is 0 Å². The number of benzene rings is 2. The largest absolute Gasteiger partial charge is 0.467 e. The van der Waals surface area contributed by atoms with E-state index in [9.17, 15) is 14.4 Å². The second kappa shape index (κ2) is 16.8. The fourth-order valence-corrected chi connectivity index (χ4v) is 5.17. The van der Waals surface area contributed by atoms with Crippen molar-refractivity contribution in [1.82, 2.24) is 34.7 Å². The van der Waals surface area contributed by atoms with Crippen LogP contribution in [0.4, 0.5) is 29.2 Å². The number of anilines is 4. The zero-order valence-electron chi connectivity index (χ0n) is 27.2. The van der Waals surface area contributed by atoms with Gasteiger partial charge in [-0.1, -0.05) is 36.4 Å². The first-order chi connectivity index (χ1) is 23.8. The molecule has 16 heteroatoms. The van der Waals surface area contributed by atoms with Crippen LogP contribution in [0.2, 0.25) is 0 Å². The molecule has 3 heterocycles. The lowest BCUT2D eigenvalue weighted by Gasteiger charge is -2.34. The number of esters is 1. The normalized spacial score (nSPS) is 13.6. The first kappa shape index (κ1) is 34.4. The Hall–Kier alpha value is -5.92. The third-order valence-corrected chi connectivity index (χ3v) is 7.68. The van der Waals surface area contributed by atoms with Crippen molar-refractivity contribution in [2.75, 3.05) is 69.5 Å². The molecule has 254 valence electrons. The molecular weight excluding hydrogens is 630 g/mol. The second-order valence-corrected chi connectivity index (χ2v) is 11.1. The maximum atomic E-state index is 12.8. The van der Waals surface area contributed by atoms with Gasteiger partial charge in [0.1, 0.15) is 6.04 Å². The Morgan fingerprint density at radius 3 is 2.47 bits per heavy atom. The minimum Gasteiger partial charge on any atom is -0.467 e. The highest BCUT2D eigenvalue weighted by Gasteiger charge is 2.25. The summed E-state index contributed by atoms with van der Waals surface area (Å²) in [6.45, 7) is 10.9. The Balaban J connectivity index is 1.26. The predicted molar refractivity (Wildman–Crippen MR) is 182 cm³/mol. The molecule has 0 spiro atoms. The van der Waals surface area contributed by atoms with Crippen LogP contribution in [-0.4, -0.2) is 106 Å². The highest BCUT2D eigenvalue weighted by Crippen LogP contribution is 2.21. The van der Waals surface area contributed by atoms with E-state index in [4.69, 9.17) is 16.0 Å². The van der Waals surface area contributed by atoms with Gasteiger partial charge in [0.15, 0.2) is 11.4 Å². The number of nitrogens with one attached hydrogen (secondary N) is 4. The van der Waals surface area contributed by atoms with E-state index in [0.29, 0.717) is 51.6 Å².